The Morgan fingerprint density at radius 2 is 1.72 bits per heavy atom. The predicted molar refractivity (Wildman–Crippen MR) is 93.2 cm³/mol. The van der Waals surface area contributed by atoms with Crippen molar-refractivity contribution in [3.05, 3.63) is 46.8 Å². The van der Waals surface area contributed by atoms with Crippen LogP contribution in [0.15, 0.2) is 46.3 Å². The van der Waals surface area contributed by atoms with E-state index in [1.807, 2.05) is 30.3 Å². The van der Waals surface area contributed by atoms with E-state index < -0.39 is 17.2 Å². The van der Waals surface area contributed by atoms with Crippen molar-refractivity contribution in [2.45, 2.75) is 24.3 Å². The molecule has 2 rings (SSSR count). The van der Waals surface area contributed by atoms with Gasteiger partial charge in [-0.25, -0.2) is 4.98 Å². The Balaban J connectivity index is 2.32. The molecular formula is C17H18N2O5S. The van der Waals surface area contributed by atoms with Gasteiger partial charge >= 0.3 is 11.9 Å². The molecule has 0 saturated heterocycles. The van der Waals surface area contributed by atoms with Crippen molar-refractivity contribution in [3.8, 4) is 11.3 Å². The molecule has 0 amide bonds. The third-order valence-corrected chi connectivity index (χ3v) is 4.06. The first-order chi connectivity index (χ1) is 12.0. The van der Waals surface area contributed by atoms with Gasteiger partial charge in [0.25, 0.3) is 5.56 Å². The average Bonchev–Trinajstić information content (AvgIpc) is 2.60. The zero-order valence-electron chi connectivity index (χ0n) is 13.9. The van der Waals surface area contributed by atoms with Crippen molar-refractivity contribution in [3.63, 3.8) is 0 Å². The maximum Gasteiger partial charge on any atom is 0.331 e. The molecule has 0 aliphatic carbocycles. The van der Waals surface area contributed by atoms with Crippen molar-refractivity contribution in [2.24, 2.45) is 0 Å². The van der Waals surface area contributed by atoms with Crippen LogP contribution in [0.1, 0.15) is 13.8 Å². The number of nitrogens with zero attached hydrogens (tertiary/aromatic N) is 1. The van der Waals surface area contributed by atoms with Gasteiger partial charge in [-0.15, -0.1) is 0 Å². The van der Waals surface area contributed by atoms with Crippen LogP contribution in [0.5, 0.6) is 0 Å². The minimum atomic E-state index is -1.26. The summed E-state index contributed by atoms with van der Waals surface area (Å²) in [6, 6.07) is 10.5. The number of carbonyl (C=O) groups excluding carboxylic acids is 2. The van der Waals surface area contributed by atoms with Crippen LogP contribution < -0.4 is 5.56 Å². The van der Waals surface area contributed by atoms with E-state index in [1.165, 1.54) is 6.07 Å². The van der Waals surface area contributed by atoms with Crippen molar-refractivity contribution < 1.29 is 19.1 Å². The van der Waals surface area contributed by atoms with E-state index in [0.29, 0.717) is 5.69 Å². The first-order valence-corrected chi connectivity index (χ1v) is 8.59. The van der Waals surface area contributed by atoms with Crippen LogP contribution in [-0.2, 0) is 19.1 Å². The topological polar surface area (TPSA) is 98.4 Å². The molecule has 0 fully saturated rings. The van der Waals surface area contributed by atoms with Crippen LogP contribution in [-0.4, -0.2) is 40.4 Å². The maximum atomic E-state index is 12.0. The smallest absolute Gasteiger partial charge is 0.331 e. The van der Waals surface area contributed by atoms with Crippen molar-refractivity contribution in [2.75, 3.05) is 13.2 Å². The number of aromatic nitrogens is 2. The lowest BCUT2D eigenvalue weighted by atomic mass is 10.1. The Labute approximate surface area is 148 Å². The SMILES string of the molecule is CCOC(=O)C(Sc1nc(-c2ccccc2)cc(=O)[nH]1)C(=O)OCC. The molecule has 0 atom stereocenters. The van der Waals surface area contributed by atoms with Gasteiger partial charge in [-0.05, 0) is 13.8 Å². The minimum Gasteiger partial charge on any atom is -0.465 e. The zero-order valence-corrected chi connectivity index (χ0v) is 14.7. The van der Waals surface area contributed by atoms with Crippen LogP contribution in [0.3, 0.4) is 0 Å². The van der Waals surface area contributed by atoms with E-state index in [1.54, 1.807) is 13.8 Å². The maximum absolute atomic E-state index is 12.0. The van der Waals surface area contributed by atoms with E-state index in [2.05, 4.69) is 9.97 Å². The van der Waals surface area contributed by atoms with Crippen LogP contribution in [0.2, 0.25) is 0 Å². The first-order valence-electron chi connectivity index (χ1n) is 7.71. The third kappa shape index (κ3) is 5.18. The highest BCUT2D eigenvalue weighted by atomic mass is 32.2. The molecule has 1 N–H and O–H groups in total. The number of hydrogen-bond acceptors (Lipinski definition) is 7. The fourth-order valence-electron chi connectivity index (χ4n) is 1.99. The zero-order chi connectivity index (χ0) is 18.2. The number of H-pyrrole nitrogens is 1. The molecule has 1 aromatic carbocycles. The highest BCUT2D eigenvalue weighted by Crippen LogP contribution is 2.24. The molecule has 7 nitrogen and oxygen atoms in total. The van der Waals surface area contributed by atoms with E-state index in [0.717, 1.165) is 17.3 Å². The summed E-state index contributed by atoms with van der Waals surface area (Å²) in [5, 5.41) is -1.12. The minimum absolute atomic E-state index is 0.128. The number of aromatic amines is 1. The molecule has 25 heavy (non-hydrogen) atoms. The fourth-order valence-corrected chi connectivity index (χ4v) is 2.85. The molecule has 1 aromatic heterocycles. The van der Waals surface area contributed by atoms with Crippen LogP contribution >= 0.6 is 11.8 Å². The lowest BCUT2D eigenvalue weighted by molar-refractivity contribution is -0.152. The molecule has 1 heterocycles. The van der Waals surface area contributed by atoms with E-state index in [9.17, 15) is 14.4 Å². The summed E-state index contributed by atoms with van der Waals surface area (Å²) in [7, 11) is 0. The molecule has 0 aliphatic rings. The van der Waals surface area contributed by atoms with Crippen molar-refractivity contribution >= 4 is 23.7 Å². The molecule has 2 aromatic rings. The third-order valence-electron chi connectivity index (χ3n) is 3.02. The number of thioether (sulfide) groups is 1. The van der Waals surface area contributed by atoms with Gasteiger partial charge in [0.1, 0.15) is 0 Å². The molecule has 0 aliphatic heterocycles. The summed E-state index contributed by atoms with van der Waals surface area (Å²) in [4.78, 5) is 42.8. The summed E-state index contributed by atoms with van der Waals surface area (Å²) in [6.07, 6.45) is 0. The lowest BCUT2D eigenvalue weighted by Crippen LogP contribution is -2.31. The Morgan fingerprint density at radius 3 is 2.28 bits per heavy atom. The normalized spacial score (nSPS) is 10.5. The number of esters is 2. The van der Waals surface area contributed by atoms with Gasteiger partial charge < -0.3 is 14.5 Å². The Bertz CT molecular complexity index is 773. The Hall–Kier alpha value is -2.61. The number of rotatable bonds is 7. The summed E-state index contributed by atoms with van der Waals surface area (Å²) < 4.78 is 9.82. The molecule has 0 bridgehead atoms. The van der Waals surface area contributed by atoms with E-state index in [4.69, 9.17) is 9.47 Å². The Morgan fingerprint density at radius 1 is 1.12 bits per heavy atom. The Kier molecular flexibility index (Phi) is 6.76. The number of hydrogen-bond donors (Lipinski definition) is 1. The molecule has 0 spiro atoms. The van der Waals surface area contributed by atoms with Gasteiger partial charge in [-0.3, -0.25) is 14.4 Å². The lowest BCUT2D eigenvalue weighted by Gasteiger charge is -2.13. The summed E-state index contributed by atoms with van der Waals surface area (Å²) in [6.45, 7) is 3.54. The standard InChI is InChI=1S/C17H18N2O5S/c1-3-23-15(21)14(16(22)24-4-2)25-17-18-12(10-13(20)19-17)11-8-6-5-7-9-11/h5-10,14H,3-4H2,1-2H3,(H,18,19,20). The quantitative estimate of drug-likeness (QED) is 0.348. The molecule has 0 saturated carbocycles. The van der Waals surface area contributed by atoms with E-state index in [-0.39, 0.29) is 23.9 Å². The predicted octanol–water partition coefficient (Wildman–Crippen LogP) is 2.02. The van der Waals surface area contributed by atoms with Crippen LogP contribution in [0.25, 0.3) is 11.3 Å². The van der Waals surface area contributed by atoms with Crippen LogP contribution in [0, 0.1) is 0 Å². The molecular weight excluding hydrogens is 344 g/mol. The van der Waals surface area contributed by atoms with Gasteiger partial charge in [-0.2, -0.15) is 0 Å². The number of ether oxygens (including phenoxy) is 2. The molecule has 8 heteroatoms. The van der Waals surface area contributed by atoms with Gasteiger partial charge in [0.2, 0.25) is 5.25 Å². The second kappa shape index (κ2) is 9.03. The largest absolute Gasteiger partial charge is 0.465 e. The molecule has 132 valence electrons. The van der Waals surface area contributed by atoms with E-state index >= 15 is 0 Å². The van der Waals surface area contributed by atoms with Gasteiger partial charge in [-0.1, -0.05) is 42.1 Å². The highest BCUT2D eigenvalue weighted by molar-refractivity contribution is 8.01. The first kappa shape index (κ1) is 18.7. The summed E-state index contributed by atoms with van der Waals surface area (Å²) in [5.74, 6) is -1.47. The molecule has 0 radical (unpaired) electrons. The second-order valence-corrected chi connectivity index (χ2v) is 5.90. The molecule has 0 unspecified atom stereocenters. The summed E-state index contributed by atoms with van der Waals surface area (Å²) in [5.41, 5.74) is 0.806. The highest BCUT2D eigenvalue weighted by Gasteiger charge is 2.31. The van der Waals surface area contributed by atoms with Crippen molar-refractivity contribution in [1.29, 1.82) is 0 Å². The number of carbonyl (C=O) groups is 2. The summed E-state index contributed by atoms with van der Waals surface area (Å²) >= 11 is 0.792. The second-order valence-electron chi connectivity index (χ2n) is 4.80. The monoisotopic (exact) mass is 362 g/mol. The van der Waals surface area contributed by atoms with Gasteiger partial charge in [0.15, 0.2) is 5.16 Å². The number of benzene rings is 1. The average molecular weight is 362 g/mol. The van der Waals surface area contributed by atoms with Gasteiger partial charge in [0, 0.05) is 11.6 Å². The fraction of sp³-hybridized carbons (Fsp3) is 0.294. The van der Waals surface area contributed by atoms with Crippen LogP contribution in [0.4, 0.5) is 0 Å². The van der Waals surface area contributed by atoms with Crippen molar-refractivity contribution in [1.82, 2.24) is 9.97 Å². The number of nitrogens with one attached hydrogen (secondary N) is 1. The van der Waals surface area contributed by atoms with Gasteiger partial charge in [0.05, 0.1) is 18.9 Å².